The van der Waals surface area contributed by atoms with Gasteiger partial charge in [0.2, 0.25) is 0 Å². The van der Waals surface area contributed by atoms with E-state index in [9.17, 15) is 9.59 Å². The van der Waals surface area contributed by atoms with Crippen LogP contribution < -0.4 is 15.0 Å². The smallest absolute Gasteiger partial charge is 0.341 e. The fraction of sp³-hybridized carbons (Fsp3) is 0.333. The molecule has 0 bridgehead atoms. The predicted octanol–water partition coefficient (Wildman–Crippen LogP) is 3.80. The maximum atomic E-state index is 13.3. The summed E-state index contributed by atoms with van der Waals surface area (Å²) in [6.07, 6.45) is 6.80. The summed E-state index contributed by atoms with van der Waals surface area (Å²) in [5.74, 6) is 0.342. The molecule has 0 unspecified atom stereocenters. The lowest BCUT2D eigenvalue weighted by Gasteiger charge is -2.22. The number of carboxylic acid groups (broad SMARTS) is 1. The SMILES string of the molecule is COc1cccc(C=Nn2c(C3CCCCC3)nc3ccccc3c2=O)c1OCC(=O)O. The summed E-state index contributed by atoms with van der Waals surface area (Å²) in [7, 11) is 1.48. The van der Waals surface area contributed by atoms with Crippen LogP contribution in [0, 0.1) is 0 Å². The Morgan fingerprint density at radius 1 is 1.19 bits per heavy atom. The quantitative estimate of drug-likeness (QED) is 0.566. The van der Waals surface area contributed by atoms with E-state index in [2.05, 4.69) is 5.10 Å². The largest absolute Gasteiger partial charge is 0.493 e. The monoisotopic (exact) mass is 435 g/mol. The fourth-order valence-corrected chi connectivity index (χ4v) is 4.08. The zero-order valence-electron chi connectivity index (χ0n) is 17.9. The predicted molar refractivity (Wildman–Crippen MR) is 121 cm³/mol. The van der Waals surface area contributed by atoms with Gasteiger partial charge in [0.1, 0.15) is 5.82 Å². The van der Waals surface area contributed by atoms with E-state index in [1.54, 1.807) is 30.3 Å². The van der Waals surface area contributed by atoms with Gasteiger partial charge in [-0.2, -0.15) is 9.78 Å². The van der Waals surface area contributed by atoms with Crippen LogP contribution >= 0.6 is 0 Å². The highest BCUT2D eigenvalue weighted by molar-refractivity contribution is 5.85. The van der Waals surface area contributed by atoms with Crippen molar-refractivity contribution in [1.29, 1.82) is 0 Å². The van der Waals surface area contributed by atoms with E-state index >= 15 is 0 Å². The summed E-state index contributed by atoms with van der Waals surface area (Å²) >= 11 is 0. The second kappa shape index (κ2) is 9.64. The van der Waals surface area contributed by atoms with E-state index in [1.165, 1.54) is 24.4 Å². The molecular weight excluding hydrogens is 410 g/mol. The molecule has 32 heavy (non-hydrogen) atoms. The van der Waals surface area contributed by atoms with Crippen molar-refractivity contribution in [2.75, 3.05) is 13.7 Å². The molecule has 2 aromatic carbocycles. The van der Waals surface area contributed by atoms with Crippen LogP contribution in [0.3, 0.4) is 0 Å². The Labute approximate surface area is 185 Å². The minimum Gasteiger partial charge on any atom is -0.493 e. The van der Waals surface area contributed by atoms with Crippen LogP contribution in [0.4, 0.5) is 0 Å². The number of rotatable bonds is 7. The molecule has 8 nitrogen and oxygen atoms in total. The van der Waals surface area contributed by atoms with Gasteiger partial charge in [-0.15, -0.1) is 0 Å². The molecule has 0 aliphatic heterocycles. The number of methoxy groups -OCH3 is 1. The summed E-state index contributed by atoms with van der Waals surface area (Å²) in [4.78, 5) is 29.1. The number of carboxylic acids is 1. The van der Waals surface area contributed by atoms with E-state index in [4.69, 9.17) is 19.6 Å². The molecule has 8 heteroatoms. The molecule has 0 radical (unpaired) electrons. The number of benzene rings is 2. The number of ether oxygens (including phenoxy) is 2. The van der Waals surface area contributed by atoms with E-state index < -0.39 is 12.6 Å². The second-order valence-electron chi connectivity index (χ2n) is 7.74. The number of aromatic nitrogens is 2. The van der Waals surface area contributed by atoms with Crippen molar-refractivity contribution < 1.29 is 19.4 Å². The molecule has 166 valence electrons. The van der Waals surface area contributed by atoms with Crippen LogP contribution in [0.1, 0.15) is 49.4 Å². The first kappa shape index (κ1) is 21.5. The molecule has 1 saturated carbocycles. The summed E-state index contributed by atoms with van der Waals surface area (Å²) in [5, 5.41) is 14.0. The molecule has 1 heterocycles. The van der Waals surface area contributed by atoms with Gasteiger partial charge in [-0.3, -0.25) is 4.79 Å². The number of hydrogen-bond acceptors (Lipinski definition) is 6. The van der Waals surface area contributed by atoms with Crippen molar-refractivity contribution in [2.24, 2.45) is 5.10 Å². The normalized spacial score (nSPS) is 14.7. The number of para-hydroxylation sites is 2. The second-order valence-corrected chi connectivity index (χ2v) is 7.74. The van der Waals surface area contributed by atoms with E-state index in [0.29, 0.717) is 28.0 Å². The van der Waals surface area contributed by atoms with Crippen molar-refractivity contribution >= 4 is 23.1 Å². The third-order valence-corrected chi connectivity index (χ3v) is 5.63. The van der Waals surface area contributed by atoms with Gasteiger partial charge in [-0.25, -0.2) is 9.78 Å². The van der Waals surface area contributed by atoms with Crippen molar-refractivity contribution in [3.8, 4) is 11.5 Å². The van der Waals surface area contributed by atoms with E-state index in [-0.39, 0.29) is 17.2 Å². The molecule has 1 fully saturated rings. The van der Waals surface area contributed by atoms with Crippen molar-refractivity contribution in [3.63, 3.8) is 0 Å². The number of fused-ring (bicyclic) bond motifs is 1. The highest BCUT2D eigenvalue weighted by atomic mass is 16.5. The molecule has 1 N–H and O–H groups in total. The number of carbonyl (C=O) groups is 1. The Bertz CT molecular complexity index is 1210. The van der Waals surface area contributed by atoms with E-state index in [1.807, 2.05) is 12.1 Å². The first-order valence-electron chi connectivity index (χ1n) is 10.7. The Hall–Kier alpha value is -3.68. The highest BCUT2D eigenvalue weighted by Crippen LogP contribution is 2.32. The van der Waals surface area contributed by atoms with Crippen molar-refractivity contribution in [2.45, 2.75) is 38.0 Å². The first-order chi connectivity index (χ1) is 15.6. The standard InChI is InChI=1S/C24H25N3O5/c1-31-20-13-7-10-17(22(20)32-15-21(28)29)14-25-27-23(16-8-3-2-4-9-16)26-19-12-6-5-11-18(19)24(27)30/h5-7,10-14,16H,2-4,8-9,15H2,1H3,(H,28,29). The van der Waals surface area contributed by atoms with Gasteiger partial charge in [-0.05, 0) is 37.1 Å². The highest BCUT2D eigenvalue weighted by Gasteiger charge is 2.22. The van der Waals surface area contributed by atoms with Gasteiger partial charge in [0.05, 0.1) is 24.2 Å². The van der Waals surface area contributed by atoms with Gasteiger partial charge < -0.3 is 14.6 Å². The fourth-order valence-electron chi connectivity index (χ4n) is 4.08. The number of aliphatic carboxylic acids is 1. The molecule has 0 atom stereocenters. The van der Waals surface area contributed by atoms with Crippen LogP contribution in [-0.2, 0) is 4.79 Å². The molecule has 1 aromatic heterocycles. The zero-order chi connectivity index (χ0) is 22.5. The lowest BCUT2D eigenvalue weighted by Crippen LogP contribution is -2.25. The molecular formula is C24H25N3O5. The number of nitrogens with zero attached hydrogens (tertiary/aromatic N) is 3. The average molecular weight is 435 g/mol. The Balaban J connectivity index is 1.81. The zero-order valence-corrected chi connectivity index (χ0v) is 17.9. The minimum absolute atomic E-state index is 0.159. The molecule has 0 spiro atoms. The molecule has 4 rings (SSSR count). The molecule has 0 amide bonds. The Kier molecular flexibility index (Phi) is 6.49. The third-order valence-electron chi connectivity index (χ3n) is 5.63. The number of hydrogen-bond donors (Lipinski definition) is 1. The minimum atomic E-state index is -1.10. The van der Waals surface area contributed by atoms with Crippen molar-refractivity contribution in [3.05, 3.63) is 64.2 Å². The lowest BCUT2D eigenvalue weighted by atomic mass is 9.88. The Morgan fingerprint density at radius 2 is 1.97 bits per heavy atom. The Morgan fingerprint density at radius 3 is 2.72 bits per heavy atom. The van der Waals surface area contributed by atoms with Gasteiger partial charge >= 0.3 is 5.97 Å². The molecule has 0 saturated heterocycles. The van der Waals surface area contributed by atoms with Crippen LogP contribution in [0.2, 0.25) is 0 Å². The summed E-state index contributed by atoms with van der Waals surface area (Å²) in [6.45, 7) is -0.522. The van der Waals surface area contributed by atoms with Gasteiger partial charge in [0.25, 0.3) is 5.56 Å². The van der Waals surface area contributed by atoms with Crippen LogP contribution in [0.25, 0.3) is 10.9 Å². The third kappa shape index (κ3) is 4.49. The molecule has 1 aliphatic rings. The van der Waals surface area contributed by atoms with Gasteiger partial charge in [-0.1, -0.05) is 37.5 Å². The van der Waals surface area contributed by atoms with Crippen LogP contribution in [0.5, 0.6) is 11.5 Å². The first-order valence-corrected chi connectivity index (χ1v) is 10.7. The maximum absolute atomic E-state index is 13.3. The average Bonchev–Trinajstić information content (AvgIpc) is 2.82. The maximum Gasteiger partial charge on any atom is 0.341 e. The van der Waals surface area contributed by atoms with Crippen molar-refractivity contribution in [1.82, 2.24) is 9.66 Å². The van der Waals surface area contributed by atoms with Crippen LogP contribution in [-0.4, -0.2) is 40.7 Å². The van der Waals surface area contributed by atoms with Gasteiger partial charge in [0, 0.05) is 11.5 Å². The van der Waals surface area contributed by atoms with Gasteiger partial charge in [0.15, 0.2) is 18.1 Å². The topological polar surface area (TPSA) is 103 Å². The van der Waals surface area contributed by atoms with Crippen LogP contribution in [0.15, 0.2) is 52.4 Å². The van der Waals surface area contributed by atoms with E-state index in [0.717, 1.165) is 25.7 Å². The molecule has 1 aliphatic carbocycles. The summed E-state index contributed by atoms with van der Waals surface area (Å²) < 4.78 is 12.1. The molecule has 3 aromatic rings. The summed E-state index contributed by atoms with van der Waals surface area (Å²) in [6, 6.07) is 12.4. The summed E-state index contributed by atoms with van der Waals surface area (Å²) in [5.41, 5.74) is 0.931. The lowest BCUT2D eigenvalue weighted by molar-refractivity contribution is -0.139.